The van der Waals surface area contributed by atoms with Crippen molar-refractivity contribution in [2.75, 3.05) is 27.4 Å². The molecule has 4 aromatic carbocycles. The van der Waals surface area contributed by atoms with Crippen molar-refractivity contribution in [1.29, 1.82) is 0 Å². The molecule has 4 aromatic rings. The molecule has 1 heterocycles. The van der Waals surface area contributed by atoms with E-state index in [0.717, 1.165) is 29.4 Å². The van der Waals surface area contributed by atoms with E-state index in [4.69, 9.17) is 57.8 Å². The number of ether oxygens (including phenoxy) is 3. The van der Waals surface area contributed by atoms with Gasteiger partial charge >= 0.3 is 56.1 Å². The van der Waals surface area contributed by atoms with Gasteiger partial charge in [0.2, 0.25) is 0 Å². The van der Waals surface area contributed by atoms with Crippen LogP contribution < -0.4 is 31.8 Å². The minimum Gasteiger partial charge on any atom is 2.00 e. The molecular formula is C40H51Br2Cl4MgNiO3P. The summed E-state index contributed by atoms with van der Waals surface area (Å²) in [7, 11) is 15.3. The predicted molar refractivity (Wildman–Crippen MR) is 228 cm³/mol. The number of hydrogen-bond acceptors (Lipinski definition) is 3. The zero-order valence-electron chi connectivity index (χ0n) is 30.3. The van der Waals surface area contributed by atoms with Gasteiger partial charge in [0.05, 0.1) is 24.3 Å². The van der Waals surface area contributed by atoms with E-state index in [1.165, 1.54) is 74.2 Å². The molecule has 2 aliphatic carbocycles. The summed E-state index contributed by atoms with van der Waals surface area (Å²) in [5.41, 5.74) is 2.82. The van der Waals surface area contributed by atoms with Gasteiger partial charge in [-0.25, -0.2) is 12.8 Å². The average Bonchev–Trinajstić information content (AvgIpc) is 4.11. The van der Waals surface area contributed by atoms with Crippen molar-refractivity contribution in [2.45, 2.75) is 70.6 Å². The minimum atomic E-state index is 0. The van der Waals surface area contributed by atoms with E-state index in [1.807, 2.05) is 54.6 Å². The number of aryl methyl sites for hydroxylation is 1. The third-order valence-corrected chi connectivity index (χ3v) is 8.42. The quantitative estimate of drug-likeness (QED) is 0.109. The predicted octanol–water partition coefficient (Wildman–Crippen LogP) is 10.3. The Kier molecular flexibility index (Phi) is 38.5. The van der Waals surface area contributed by atoms with Gasteiger partial charge in [-0.2, -0.15) is 0 Å². The van der Waals surface area contributed by atoms with Crippen LogP contribution in [0, 0.1) is 6.42 Å². The molecule has 0 spiro atoms. The van der Waals surface area contributed by atoms with E-state index in [-0.39, 0.29) is 40.0 Å². The Balaban J connectivity index is 0. The monoisotopic (exact) mass is 990 g/mol. The normalized spacial score (nSPS) is 12.7. The van der Waals surface area contributed by atoms with Gasteiger partial charge in [0.15, 0.2) is 0 Å². The molecular weight excluding hydrogens is 944 g/mol. The zero-order valence-corrected chi connectivity index (χ0v) is 40.0. The summed E-state index contributed by atoms with van der Waals surface area (Å²) in [4.78, 5) is 0. The van der Waals surface area contributed by atoms with E-state index in [1.54, 1.807) is 20.3 Å². The Morgan fingerprint density at radius 3 is 1.65 bits per heavy atom. The van der Waals surface area contributed by atoms with Crippen LogP contribution in [0.1, 0.15) is 75.3 Å². The molecule has 0 aromatic heterocycles. The van der Waals surface area contributed by atoms with Crippen molar-refractivity contribution in [3.05, 3.63) is 129 Å². The Hall–Kier alpha value is 0.250. The van der Waals surface area contributed by atoms with Gasteiger partial charge in [0.25, 0.3) is 0 Å². The summed E-state index contributed by atoms with van der Waals surface area (Å²) in [6.07, 6.45) is 14.0. The number of methoxy groups -OCH3 is 2. The van der Waals surface area contributed by atoms with E-state index in [2.05, 4.69) is 74.9 Å². The van der Waals surface area contributed by atoms with Crippen LogP contribution in [0.3, 0.4) is 0 Å². The van der Waals surface area contributed by atoms with Crippen molar-refractivity contribution >= 4 is 97.1 Å². The molecule has 0 N–H and O–H groups in total. The largest absolute Gasteiger partial charge is 2.00 e. The van der Waals surface area contributed by atoms with Crippen LogP contribution in [-0.4, -0.2) is 50.5 Å². The van der Waals surface area contributed by atoms with Gasteiger partial charge in [-0.15, -0.1) is 9.24 Å². The molecule has 2 saturated carbocycles. The number of benzene rings is 4. The third kappa shape index (κ3) is 30.5. The first-order valence-corrected chi connectivity index (χ1v) is 21.5. The van der Waals surface area contributed by atoms with Gasteiger partial charge in [0, 0.05) is 17.7 Å². The minimum absolute atomic E-state index is 0. The second kappa shape index (κ2) is 36.9. The summed E-state index contributed by atoms with van der Waals surface area (Å²) < 4.78 is 16.0. The molecule has 0 amide bonds. The summed E-state index contributed by atoms with van der Waals surface area (Å²) in [5.74, 6) is 2.24. The van der Waals surface area contributed by atoms with E-state index < -0.39 is 0 Å². The summed E-state index contributed by atoms with van der Waals surface area (Å²) in [6, 6.07) is 32.3. The fourth-order valence-electron chi connectivity index (χ4n) is 3.97. The van der Waals surface area contributed by atoms with Gasteiger partial charge in [0.1, 0.15) is 11.5 Å². The number of halogens is 6. The molecule has 0 radical (unpaired) electrons. The van der Waals surface area contributed by atoms with E-state index in [0.29, 0.717) is 28.4 Å². The molecule has 3 aliphatic rings. The van der Waals surface area contributed by atoms with Crippen molar-refractivity contribution in [1.82, 2.24) is 0 Å². The molecule has 52 heavy (non-hydrogen) atoms. The molecule has 7 rings (SSSR count). The molecule has 288 valence electrons. The fourth-order valence-corrected chi connectivity index (χ4v) is 4.92. The maximum atomic E-state index is 5.90. The zero-order chi connectivity index (χ0) is 36.8. The first kappa shape index (κ1) is 54.4. The van der Waals surface area contributed by atoms with Crippen LogP contribution in [0.5, 0.6) is 11.5 Å². The van der Waals surface area contributed by atoms with Gasteiger partial charge in [-0.05, 0) is 91.2 Å². The van der Waals surface area contributed by atoms with E-state index >= 15 is 0 Å². The third-order valence-electron chi connectivity index (χ3n) is 6.91. The Labute approximate surface area is 375 Å². The molecule has 1 saturated heterocycles. The average molecular weight is 995 g/mol. The van der Waals surface area contributed by atoms with Crippen LogP contribution in [-0.2, 0) is 23.8 Å². The van der Waals surface area contributed by atoms with Crippen LogP contribution in [0.4, 0.5) is 0 Å². The Bertz CT molecular complexity index is 1380. The molecule has 1 unspecified atom stereocenters. The van der Waals surface area contributed by atoms with E-state index in [9.17, 15) is 0 Å². The van der Waals surface area contributed by atoms with Gasteiger partial charge < -0.3 is 37.6 Å². The molecule has 12 heteroatoms. The van der Waals surface area contributed by atoms with Crippen molar-refractivity contribution in [2.24, 2.45) is 0 Å². The second-order valence-electron chi connectivity index (χ2n) is 11.2. The Morgan fingerprint density at radius 1 is 0.808 bits per heavy atom. The smallest absolute Gasteiger partial charge is 2.00 e. The first-order valence-electron chi connectivity index (χ1n) is 16.7. The first-order chi connectivity index (χ1) is 24.3. The second-order valence-corrected chi connectivity index (χ2v) is 15.2. The van der Waals surface area contributed by atoms with Crippen molar-refractivity contribution in [3.63, 3.8) is 0 Å². The molecule has 3 fully saturated rings. The number of hydrogen-bond donors (Lipinski definition) is 0. The maximum Gasteiger partial charge on any atom is 2.00 e. The number of unbranched alkanes of at least 4 members (excludes halogenated alkanes) is 1. The summed E-state index contributed by atoms with van der Waals surface area (Å²) >= 11 is 15.5. The Morgan fingerprint density at radius 2 is 1.29 bits per heavy atom. The van der Waals surface area contributed by atoms with Gasteiger partial charge in [-0.3, -0.25) is 0 Å². The SMILES string of the molecule is C1CCOC1.CCCCc1ccccc1.COc1cc(Br)ccc1Cl.COc1cc(C2CC2)ccc1Cl.Pc1ccccc1.[Br-].[CH-]1CC1.[Cl][Ni][Cl].[Mg+2]. The summed E-state index contributed by atoms with van der Waals surface area (Å²) in [6.45, 7) is 4.23. The standard InChI is InChI=1S/C10H11ClO.C10H14.C7H6BrClO.C6H7P.C4H8O.C3H5.BrH.2ClH.Mg.Ni/c1-12-10-6-8(7-2-3-7)4-5-9(10)11;1-2-3-7-10-8-5-4-6-9-10;1-10-7-4-5(8)2-3-6(7)9;7-6-4-2-1-3-5-6;1-2-4-5-3-1;1-2-3-1;;;;;/h4-7H,2-3H2,1H3;4-6,8-9H,2-3,7H2,1H3;2-4H,1H3;1-5H,7H2;1-4H2;1H,2-3H2;3*1H;;/q;;;;;-1;;;;2*+2/p-3. The molecule has 3 nitrogen and oxygen atoms in total. The van der Waals surface area contributed by atoms with Crippen LogP contribution in [0.15, 0.2) is 102 Å². The molecule has 0 bridgehead atoms. The van der Waals surface area contributed by atoms with Crippen LogP contribution >= 0.6 is 68.8 Å². The summed E-state index contributed by atoms with van der Waals surface area (Å²) in [5, 5.41) is 2.56. The van der Waals surface area contributed by atoms with Crippen LogP contribution in [0.2, 0.25) is 10.0 Å². The topological polar surface area (TPSA) is 27.7 Å². The fraction of sp³-hybridized carbons (Fsp3) is 0.375. The number of rotatable bonds is 6. The molecule has 1 aliphatic heterocycles. The molecule has 1 atom stereocenters. The maximum absolute atomic E-state index is 5.90. The van der Waals surface area contributed by atoms with Crippen molar-refractivity contribution < 1.29 is 43.8 Å². The van der Waals surface area contributed by atoms with Gasteiger partial charge in [-0.1, -0.05) is 119 Å². The van der Waals surface area contributed by atoms with Crippen LogP contribution in [0.25, 0.3) is 0 Å². The van der Waals surface area contributed by atoms with Crippen molar-refractivity contribution in [3.8, 4) is 11.5 Å².